The molecule has 1 heterocycles. The van der Waals surface area contributed by atoms with Crippen molar-refractivity contribution >= 4 is 0 Å². The van der Waals surface area contributed by atoms with Crippen LogP contribution in [0, 0.1) is 5.92 Å². The van der Waals surface area contributed by atoms with Crippen LogP contribution in [0.1, 0.15) is 27.2 Å². The summed E-state index contributed by atoms with van der Waals surface area (Å²) in [5, 5.41) is 18.8. The molecule has 1 aliphatic rings. The zero-order valence-electron chi connectivity index (χ0n) is 8.82. The third-order valence-electron chi connectivity index (χ3n) is 3.20. The van der Waals surface area contributed by atoms with Crippen LogP contribution in [0.5, 0.6) is 0 Å². The monoisotopic (exact) mass is 187 g/mol. The van der Waals surface area contributed by atoms with Gasteiger partial charge in [-0.1, -0.05) is 13.8 Å². The number of hydrogen-bond donors (Lipinski definition) is 2. The normalized spacial score (nSPS) is 32.8. The molecule has 3 nitrogen and oxygen atoms in total. The van der Waals surface area contributed by atoms with E-state index in [9.17, 15) is 5.11 Å². The summed E-state index contributed by atoms with van der Waals surface area (Å²) in [6.45, 7) is 7.93. The Balaban J connectivity index is 2.49. The van der Waals surface area contributed by atoms with Gasteiger partial charge in [-0.25, -0.2) is 0 Å². The first-order chi connectivity index (χ1) is 5.98. The zero-order chi connectivity index (χ0) is 10.1. The maximum Gasteiger partial charge on any atom is 0.102 e. The summed E-state index contributed by atoms with van der Waals surface area (Å²) < 4.78 is 0. The summed E-state index contributed by atoms with van der Waals surface area (Å²) in [7, 11) is 0. The lowest BCUT2D eigenvalue weighted by molar-refractivity contribution is -0.00949. The van der Waals surface area contributed by atoms with Crippen molar-refractivity contribution in [2.45, 2.75) is 38.8 Å². The Labute approximate surface area is 80.4 Å². The summed E-state index contributed by atoms with van der Waals surface area (Å²) >= 11 is 0. The van der Waals surface area contributed by atoms with Crippen molar-refractivity contribution in [2.75, 3.05) is 19.7 Å². The Hall–Kier alpha value is -0.120. The molecule has 78 valence electrons. The van der Waals surface area contributed by atoms with E-state index >= 15 is 0 Å². The average Bonchev–Trinajstić information content (AvgIpc) is 2.47. The van der Waals surface area contributed by atoms with Crippen molar-refractivity contribution in [3.8, 4) is 0 Å². The van der Waals surface area contributed by atoms with Crippen LogP contribution in [-0.2, 0) is 0 Å². The van der Waals surface area contributed by atoms with Crippen molar-refractivity contribution in [3.05, 3.63) is 0 Å². The molecule has 0 amide bonds. The standard InChI is InChI=1S/C10H21NO2/c1-8(2)9(3)11-5-4-10(13,6-11)7-12/h8-9,12-13H,4-7H2,1-3H3. The van der Waals surface area contributed by atoms with Gasteiger partial charge in [-0.15, -0.1) is 0 Å². The van der Waals surface area contributed by atoms with Crippen molar-refractivity contribution < 1.29 is 10.2 Å². The van der Waals surface area contributed by atoms with Gasteiger partial charge in [0, 0.05) is 19.1 Å². The van der Waals surface area contributed by atoms with E-state index in [2.05, 4.69) is 25.7 Å². The van der Waals surface area contributed by atoms with E-state index in [1.165, 1.54) is 0 Å². The molecule has 2 unspecified atom stereocenters. The van der Waals surface area contributed by atoms with Gasteiger partial charge in [-0.2, -0.15) is 0 Å². The van der Waals surface area contributed by atoms with Crippen LogP contribution in [0.25, 0.3) is 0 Å². The fourth-order valence-corrected chi connectivity index (χ4v) is 1.79. The summed E-state index contributed by atoms with van der Waals surface area (Å²) in [6, 6.07) is 0.487. The molecule has 1 aliphatic heterocycles. The van der Waals surface area contributed by atoms with E-state index in [0.29, 0.717) is 24.9 Å². The molecule has 1 fully saturated rings. The highest BCUT2D eigenvalue weighted by Gasteiger charge is 2.37. The van der Waals surface area contributed by atoms with E-state index in [1.54, 1.807) is 0 Å². The van der Waals surface area contributed by atoms with Crippen LogP contribution in [-0.4, -0.2) is 46.5 Å². The Morgan fingerprint density at radius 3 is 2.38 bits per heavy atom. The quantitative estimate of drug-likeness (QED) is 0.674. The van der Waals surface area contributed by atoms with Gasteiger partial charge in [0.05, 0.1) is 6.61 Å². The van der Waals surface area contributed by atoms with Gasteiger partial charge in [-0.05, 0) is 19.3 Å². The Bertz CT molecular complexity index is 172. The van der Waals surface area contributed by atoms with Crippen LogP contribution in [0.15, 0.2) is 0 Å². The smallest absolute Gasteiger partial charge is 0.102 e. The topological polar surface area (TPSA) is 43.7 Å². The van der Waals surface area contributed by atoms with Gasteiger partial charge >= 0.3 is 0 Å². The molecule has 2 atom stereocenters. The Kier molecular flexibility index (Phi) is 3.33. The summed E-state index contributed by atoms with van der Waals surface area (Å²) in [5.41, 5.74) is -0.844. The molecule has 0 saturated carbocycles. The van der Waals surface area contributed by atoms with Gasteiger partial charge in [-0.3, -0.25) is 4.90 Å². The van der Waals surface area contributed by atoms with Gasteiger partial charge in [0.2, 0.25) is 0 Å². The summed E-state index contributed by atoms with van der Waals surface area (Å²) in [6.07, 6.45) is 0.695. The Morgan fingerprint density at radius 2 is 2.00 bits per heavy atom. The van der Waals surface area contributed by atoms with E-state index in [-0.39, 0.29) is 6.61 Å². The van der Waals surface area contributed by atoms with E-state index in [1.807, 2.05) is 0 Å². The second-order valence-electron chi connectivity index (χ2n) is 4.59. The average molecular weight is 187 g/mol. The number of nitrogens with zero attached hydrogens (tertiary/aromatic N) is 1. The SMILES string of the molecule is CC(C)C(C)N1CCC(O)(CO)C1. The van der Waals surface area contributed by atoms with E-state index in [4.69, 9.17) is 5.11 Å². The number of rotatable bonds is 3. The molecule has 0 radical (unpaired) electrons. The number of β-amino-alcohol motifs (C(OH)–C–C–N with tert-alkyl or cyclic N) is 1. The summed E-state index contributed by atoms with van der Waals surface area (Å²) in [5.74, 6) is 0.598. The van der Waals surface area contributed by atoms with Crippen LogP contribution in [0.4, 0.5) is 0 Å². The molecule has 13 heavy (non-hydrogen) atoms. The first-order valence-corrected chi connectivity index (χ1v) is 5.06. The molecular weight excluding hydrogens is 166 g/mol. The molecule has 0 aromatic carbocycles. The molecular formula is C10H21NO2. The minimum absolute atomic E-state index is 0.117. The lowest BCUT2D eigenvalue weighted by atomic mass is 10.0. The maximum absolute atomic E-state index is 9.81. The van der Waals surface area contributed by atoms with E-state index in [0.717, 1.165) is 6.54 Å². The molecule has 0 spiro atoms. The van der Waals surface area contributed by atoms with Gasteiger partial charge in [0.25, 0.3) is 0 Å². The second kappa shape index (κ2) is 3.95. The fourth-order valence-electron chi connectivity index (χ4n) is 1.79. The van der Waals surface area contributed by atoms with Crippen LogP contribution in [0.3, 0.4) is 0 Å². The lowest BCUT2D eigenvalue weighted by Crippen LogP contribution is -2.41. The minimum Gasteiger partial charge on any atom is -0.393 e. The van der Waals surface area contributed by atoms with E-state index < -0.39 is 5.60 Å². The van der Waals surface area contributed by atoms with Crippen molar-refractivity contribution in [3.63, 3.8) is 0 Å². The van der Waals surface area contributed by atoms with Crippen LogP contribution >= 0.6 is 0 Å². The molecule has 1 rings (SSSR count). The highest BCUT2D eigenvalue weighted by Crippen LogP contribution is 2.24. The first-order valence-electron chi connectivity index (χ1n) is 5.06. The first kappa shape index (κ1) is 11.0. The zero-order valence-corrected chi connectivity index (χ0v) is 8.82. The molecule has 0 aliphatic carbocycles. The van der Waals surface area contributed by atoms with Crippen LogP contribution < -0.4 is 0 Å². The number of aliphatic hydroxyl groups is 2. The third-order valence-corrected chi connectivity index (χ3v) is 3.20. The molecule has 0 aromatic rings. The molecule has 2 N–H and O–H groups in total. The van der Waals surface area contributed by atoms with Gasteiger partial charge in [0.15, 0.2) is 0 Å². The molecule has 1 saturated heterocycles. The van der Waals surface area contributed by atoms with Gasteiger partial charge < -0.3 is 10.2 Å². The van der Waals surface area contributed by atoms with Crippen molar-refractivity contribution in [2.24, 2.45) is 5.92 Å². The van der Waals surface area contributed by atoms with Crippen molar-refractivity contribution in [1.29, 1.82) is 0 Å². The highest BCUT2D eigenvalue weighted by atomic mass is 16.3. The predicted molar refractivity (Wildman–Crippen MR) is 52.5 cm³/mol. The van der Waals surface area contributed by atoms with Gasteiger partial charge in [0.1, 0.15) is 5.60 Å². The minimum atomic E-state index is -0.844. The number of likely N-dealkylation sites (tertiary alicyclic amines) is 1. The third kappa shape index (κ3) is 2.42. The van der Waals surface area contributed by atoms with Crippen LogP contribution in [0.2, 0.25) is 0 Å². The molecule has 0 aromatic heterocycles. The largest absolute Gasteiger partial charge is 0.393 e. The maximum atomic E-state index is 9.81. The molecule has 0 bridgehead atoms. The fraction of sp³-hybridized carbons (Fsp3) is 1.00. The second-order valence-corrected chi connectivity index (χ2v) is 4.59. The predicted octanol–water partition coefficient (Wildman–Crippen LogP) is 0.460. The van der Waals surface area contributed by atoms with Crippen molar-refractivity contribution in [1.82, 2.24) is 4.90 Å². The molecule has 3 heteroatoms. The Morgan fingerprint density at radius 1 is 1.38 bits per heavy atom. The number of hydrogen-bond acceptors (Lipinski definition) is 3. The highest BCUT2D eigenvalue weighted by molar-refractivity contribution is 4.91. The summed E-state index contributed by atoms with van der Waals surface area (Å²) in [4.78, 5) is 2.25. The lowest BCUT2D eigenvalue weighted by Gasteiger charge is -2.28. The number of aliphatic hydroxyl groups excluding tert-OH is 1.